The van der Waals surface area contributed by atoms with Crippen LogP contribution in [-0.4, -0.2) is 24.1 Å². The number of nitro benzene ring substituents is 2. The van der Waals surface area contributed by atoms with E-state index in [0.717, 1.165) is 22.3 Å². The van der Waals surface area contributed by atoms with E-state index in [-0.39, 0.29) is 11.4 Å². The lowest BCUT2D eigenvalue weighted by molar-refractivity contribution is -0.385. The predicted octanol–water partition coefficient (Wildman–Crippen LogP) is 5.86. The second-order valence-electron chi connectivity index (χ2n) is 6.70. The summed E-state index contributed by atoms with van der Waals surface area (Å²) in [5.41, 5.74) is 3.22. The van der Waals surface area contributed by atoms with Gasteiger partial charge < -0.3 is 9.47 Å². The van der Waals surface area contributed by atoms with Gasteiger partial charge >= 0.3 is 0 Å². The maximum absolute atomic E-state index is 10.8. The molecule has 0 aliphatic carbocycles. The summed E-state index contributed by atoms with van der Waals surface area (Å²) in [6.07, 6.45) is 7.33. The first-order valence-corrected chi connectivity index (χ1v) is 9.52. The van der Waals surface area contributed by atoms with Crippen molar-refractivity contribution in [1.82, 2.24) is 0 Å². The Balaban J connectivity index is 1.86. The van der Waals surface area contributed by atoms with Crippen LogP contribution in [-0.2, 0) is 0 Å². The Bertz CT molecular complexity index is 1090. The van der Waals surface area contributed by atoms with Crippen LogP contribution in [0, 0.1) is 20.2 Å². The van der Waals surface area contributed by atoms with Crippen LogP contribution in [0.5, 0.6) is 11.5 Å². The van der Waals surface area contributed by atoms with Crippen LogP contribution >= 0.6 is 0 Å². The van der Waals surface area contributed by atoms with Gasteiger partial charge in [0.25, 0.3) is 11.4 Å². The molecule has 8 heteroatoms. The second kappa shape index (κ2) is 10.0. The predicted molar refractivity (Wildman–Crippen MR) is 124 cm³/mol. The summed E-state index contributed by atoms with van der Waals surface area (Å²) in [6, 6.07) is 16.1. The number of hydrogen-bond acceptors (Lipinski definition) is 6. The van der Waals surface area contributed by atoms with Gasteiger partial charge in [0.15, 0.2) is 0 Å². The largest absolute Gasteiger partial charge is 0.496 e. The molecule has 0 aliphatic heterocycles. The standard InChI is InChI=1S/C24H20N2O6/c1-31-23-15-20(10-4-18-7-13-22(14-8-18)26(29)30)24(32-2)16-19(23)9-3-17-5-11-21(12-6-17)25(27)28/h3-16H,1-2H3. The smallest absolute Gasteiger partial charge is 0.269 e. The molecule has 32 heavy (non-hydrogen) atoms. The second-order valence-corrected chi connectivity index (χ2v) is 6.70. The summed E-state index contributed by atoms with van der Waals surface area (Å²) in [7, 11) is 3.13. The summed E-state index contributed by atoms with van der Waals surface area (Å²) < 4.78 is 11.0. The Labute approximate surface area is 184 Å². The fourth-order valence-corrected chi connectivity index (χ4v) is 2.99. The highest BCUT2D eigenvalue weighted by Gasteiger charge is 2.09. The third-order valence-corrected chi connectivity index (χ3v) is 4.70. The molecule has 0 saturated heterocycles. The van der Waals surface area contributed by atoms with Crippen LogP contribution < -0.4 is 9.47 Å². The average molecular weight is 432 g/mol. The highest BCUT2D eigenvalue weighted by molar-refractivity contribution is 5.79. The molecule has 0 bridgehead atoms. The van der Waals surface area contributed by atoms with Crippen molar-refractivity contribution in [2.24, 2.45) is 0 Å². The normalized spacial score (nSPS) is 11.1. The number of nitro groups is 2. The maximum Gasteiger partial charge on any atom is 0.269 e. The molecule has 0 N–H and O–H groups in total. The molecule has 162 valence electrons. The minimum atomic E-state index is -0.440. The van der Waals surface area contributed by atoms with Crippen LogP contribution in [0.4, 0.5) is 11.4 Å². The fourth-order valence-electron chi connectivity index (χ4n) is 2.99. The van der Waals surface area contributed by atoms with Crippen LogP contribution in [0.15, 0.2) is 60.7 Å². The summed E-state index contributed by atoms with van der Waals surface area (Å²) in [6.45, 7) is 0. The molecular weight excluding hydrogens is 412 g/mol. The van der Waals surface area contributed by atoms with Gasteiger partial charge in [0.05, 0.1) is 24.1 Å². The van der Waals surface area contributed by atoms with Gasteiger partial charge in [-0.2, -0.15) is 0 Å². The van der Waals surface area contributed by atoms with Crippen molar-refractivity contribution in [3.8, 4) is 11.5 Å². The Morgan fingerprint density at radius 3 is 1.25 bits per heavy atom. The topological polar surface area (TPSA) is 105 Å². The molecule has 0 heterocycles. The Morgan fingerprint density at radius 2 is 0.969 bits per heavy atom. The summed E-state index contributed by atoms with van der Waals surface area (Å²) in [5, 5.41) is 21.6. The van der Waals surface area contributed by atoms with Gasteiger partial charge in [-0.1, -0.05) is 24.3 Å². The molecule has 3 aromatic rings. The molecule has 8 nitrogen and oxygen atoms in total. The van der Waals surface area contributed by atoms with Crippen molar-refractivity contribution in [2.45, 2.75) is 0 Å². The SMILES string of the molecule is COc1cc(C=Cc2ccc([N+](=O)[O-])cc2)c(OC)cc1C=Cc1ccc([N+](=O)[O-])cc1. The van der Waals surface area contributed by atoms with E-state index in [1.165, 1.54) is 24.3 Å². The van der Waals surface area contributed by atoms with E-state index in [2.05, 4.69) is 0 Å². The summed E-state index contributed by atoms with van der Waals surface area (Å²) in [4.78, 5) is 20.7. The number of hydrogen-bond donors (Lipinski definition) is 0. The summed E-state index contributed by atoms with van der Waals surface area (Å²) in [5.74, 6) is 1.24. The lowest BCUT2D eigenvalue weighted by atomic mass is 10.1. The maximum atomic E-state index is 10.8. The van der Waals surface area contributed by atoms with E-state index < -0.39 is 9.85 Å². The fraction of sp³-hybridized carbons (Fsp3) is 0.0833. The molecule has 0 spiro atoms. The zero-order valence-corrected chi connectivity index (χ0v) is 17.4. The third-order valence-electron chi connectivity index (χ3n) is 4.70. The third kappa shape index (κ3) is 5.37. The average Bonchev–Trinajstić information content (AvgIpc) is 2.81. The van der Waals surface area contributed by atoms with E-state index in [1.54, 1.807) is 38.5 Å². The molecule has 0 fully saturated rings. The first-order valence-electron chi connectivity index (χ1n) is 9.52. The van der Waals surface area contributed by atoms with E-state index in [4.69, 9.17) is 9.47 Å². The van der Waals surface area contributed by atoms with Crippen molar-refractivity contribution in [3.05, 3.63) is 103 Å². The number of nitrogens with zero attached hydrogens (tertiary/aromatic N) is 2. The number of ether oxygens (including phenoxy) is 2. The van der Waals surface area contributed by atoms with Gasteiger partial charge in [0, 0.05) is 35.4 Å². The highest BCUT2D eigenvalue weighted by atomic mass is 16.6. The quantitative estimate of drug-likeness (QED) is 0.251. The van der Waals surface area contributed by atoms with Crippen LogP contribution in [0.1, 0.15) is 22.3 Å². The lowest BCUT2D eigenvalue weighted by Gasteiger charge is -2.11. The molecule has 0 aromatic heterocycles. The van der Waals surface area contributed by atoms with Crippen LogP contribution in [0.2, 0.25) is 0 Å². The molecule has 3 rings (SSSR count). The number of methoxy groups -OCH3 is 2. The van der Waals surface area contributed by atoms with E-state index in [1.807, 2.05) is 36.4 Å². The minimum absolute atomic E-state index is 0.0329. The van der Waals surface area contributed by atoms with Gasteiger partial charge in [0.1, 0.15) is 11.5 Å². The van der Waals surface area contributed by atoms with Crippen LogP contribution in [0.3, 0.4) is 0 Å². The zero-order valence-electron chi connectivity index (χ0n) is 17.4. The molecule has 0 aliphatic rings. The van der Waals surface area contributed by atoms with E-state index >= 15 is 0 Å². The molecule has 0 saturated carbocycles. The van der Waals surface area contributed by atoms with Crippen LogP contribution in [0.25, 0.3) is 24.3 Å². The van der Waals surface area contributed by atoms with Crippen molar-refractivity contribution in [1.29, 1.82) is 0 Å². The van der Waals surface area contributed by atoms with Crippen molar-refractivity contribution in [3.63, 3.8) is 0 Å². The molecule has 0 atom stereocenters. The number of rotatable bonds is 8. The van der Waals surface area contributed by atoms with E-state index in [0.29, 0.717) is 11.5 Å². The number of benzene rings is 3. The number of non-ortho nitro benzene ring substituents is 2. The van der Waals surface area contributed by atoms with Gasteiger partial charge in [-0.3, -0.25) is 20.2 Å². The van der Waals surface area contributed by atoms with E-state index in [9.17, 15) is 20.2 Å². The first kappa shape index (κ1) is 22.2. The monoisotopic (exact) mass is 432 g/mol. The Morgan fingerprint density at radius 1 is 0.625 bits per heavy atom. The van der Waals surface area contributed by atoms with Crippen molar-refractivity contribution in [2.75, 3.05) is 14.2 Å². The van der Waals surface area contributed by atoms with Gasteiger partial charge in [-0.25, -0.2) is 0 Å². The Kier molecular flexibility index (Phi) is 6.97. The summed E-state index contributed by atoms with van der Waals surface area (Å²) >= 11 is 0. The molecule has 3 aromatic carbocycles. The lowest BCUT2D eigenvalue weighted by Crippen LogP contribution is -1.93. The van der Waals surface area contributed by atoms with Crippen molar-refractivity contribution >= 4 is 35.7 Å². The molecular formula is C24H20N2O6. The molecule has 0 amide bonds. The minimum Gasteiger partial charge on any atom is -0.496 e. The molecule has 0 radical (unpaired) electrons. The van der Waals surface area contributed by atoms with Gasteiger partial charge in [0.2, 0.25) is 0 Å². The zero-order chi connectivity index (χ0) is 23.1. The van der Waals surface area contributed by atoms with Gasteiger partial charge in [-0.15, -0.1) is 0 Å². The highest BCUT2D eigenvalue weighted by Crippen LogP contribution is 2.32. The van der Waals surface area contributed by atoms with Crippen molar-refractivity contribution < 1.29 is 19.3 Å². The molecule has 0 unspecified atom stereocenters. The van der Waals surface area contributed by atoms with Gasteiger partial charge in [-0.05, 0) is 47.5 Å². The Hall–Kier alpha value is -4.46. The first-order chi connectivity index (χ1) is 15.4.